The Hall–Kier alpha value is -3.23. The van der Waals surface area contributed by atoms with E-state index in [9.17, 15) is 4.79 Å². The quantitative estimate of drug-likeness (QED) is 0.212. The molecule has 0 aliphatic rings. The molecule has 0 N–H and O–H groups in total. The Morgan fingerprint density at radius 2 is 1.29 bits per heavy atom. The molecule has 0 aliphatic heterocycles. The van der Waals surface area contributed by atoms with Gasteiger partial charge in [0.15, 0.2) is 14.3 Å². The summed E-state index contributed by atoms with van der Waals surface area (Å²) in [4.78, 5) is 14.6. The average Bonchev–Trinajstić information content (AvgIpc) is 2.80. The maximum atomic E-state index is 13.3. The fourth-order valence-corrected chi connectivity index (χ4v) is 6.47. The van der Waals surface area contributed by atoms with Gasteiger partial charge in [-0.1, -0.05) is 61.9 Å². The van der Waals surface area contributed by atoms with E-state index in [0.29, 0.717) is 5.92 Å². The summed E-state index contributed by atoms with van der Waals surface area (Å²) >= 11 is 0. The largest absolute Gasteiger partial charge is 0.288 e. The van der Waals surface area contributed by atoms with Crippen molar-refractivity contribution < 1.29 is 0 Å². The Morgan fingerprint density at radius 1 is 0.677 bits per heavy atom. The zero-order valence-electron chi connectivity index (χ0n) is 18.1. The van der Waals surface area contributed by atoms with Crippen LogP contribution in [0.2, 0.25) is 0 Å². The maximum absolute atomic E-state index is 13.3. The van der Waals surface area contributed by atoms with Gasteiger partial charge in [0, 0.05) is 10.5 Å². The number of aryl methyl sites for hydroxylation is 1. The van der Waals surface area contributed by atoms with Gasteiger partial charge < -0.3 is 0 Å². The van der Waals surface area contributed by atoms with Crippen molar-refractivity contribution in [1.29, 1.82) is 0 Å². The molecule has 2 heteroatoms. The van der Waals surface area contributed by atoms with Crippen LogP contribution in [0.5, 0.6) is 0 Å². The van der Waals surface area contributed by atoms with Gasteiger partial charge in [-0.05, 0) is 78.1 Å². The Labute approximate surface area is 185 Å². The van der Waals surface area contributed by atoms with Gasteiger partial charge in [0.25, 0.3) is 0 Å². The number of benzene rings is 4. The highest BCUT2D eigenvalue weighted by molar-refractivity contribution is 7.49. The molecular weight excluding hydrogens is 396 g/mol. The molecule has 5 aromatic rings. The predicted octanol–water partition coefficient (Wildman–Crippen LogP) is 8.19. The molecule has 0 fully saturated rings. The summed E-state index contributed by atoms with van der Waals surface area (Å²) in [5.74, 6) is 0.394. The van der Waals surface area contributed by atoms with E-state index < -0.39 is 0 Å². The Bertz CT molecular complexity index is 1460. The first-order chi connectivity index (χ1) is 15.0. The third kappa shape index (κ3) is 3.47. The highest BCUT2D eigenvalue weighted by atomic mass is 32.2. The summed E-state index contributed by atoms with van der Waals surface area (Å²) in [6.45, 7) is 6.46. The van der Waals surface area contributed by atoms with Crippen LogP contribution in [0, 0.1) is 6.92 Å². The fraction of sp³-hybridized carbons (Fsp3) is 0.138. The van der Waals surface area contributed by atoms with Crippen molar-refractivity contribution in [3.8, 4) is 16.0 Å². The Kier molecular flexibility index (Phi) is 4.95. The van der Waals surface area contributed by atoms with Gasteiger partial charge in [0.05, 0.1) is 10.8 Å². The molecule has 0 aliphatic carbocycles. The first-order valence-corrected chi connectivity index (χ1v) is 11.9. The lowest BCUT2D eigenvalue weighted by molar-refractivity contribution is 0.869. The van der Waals surface area contributed by atoms with Gasteiger partial charge in [-0.25, -0.2) is 0 Å². The Morgan fingerprint density at radius 3 is 1.97 bits per heavy atom. The number of hydrogen-bond donors (Lipinski definition) is 0. The molecule has 1 aromatic heterocycles. The monoisotopic (exact) mass is 421 g/mol. The SMILES string of the molecule is Cc1ccc(-c2ccc(-[s+]3c4ccccc4c(=O)c4cc(C(C)C)ccc43)cc2)cc1. The lowest BCUT2D eigenvalue weighted by Crippen LogP contribution is -2.03. The molecule has 0 radical (unpaired) electrons. The van der Waals surface area contributed by atoms with Gasteiger partial charge >= 0.3 is 0 Å². The highest BCUT2D eigenvalue weighted by Gasteiger charge is 2.23. The lowest BCUT2D eigenvalue weighted by Gasteiger charge is -2.08. The van der Waals surface area contributed by atoms with Crippen LogP contribution >= 0.6 is 10.5 Å². The normalized spacial score (nSPS) is 12.1. The van der Waals surface area contributed by atoms with Crippen LogP contribution in [0.4, 0.5) is 0 Å². The summed E-state index contributed by atoms with van der Waals surface area (Å²) < 4.78 is 2.26. The van der Waals surface area contributed by atoms with E-state index in [1.807, 2.05) is 18.2 Å². The molecule has 31 heavy (non-hydrogen) atoms. The second-order valence-corrected chi connectivity index (χ2v) is 10.4. The molecule has 0 amide bonds. The van der Waals surface area contributed by atoms with Crippen LogP contribution in [0.25, 0.3) is 36.2 Å². The van der Waals surface area contributed by atoms with Gasteiger partial charge in [-0.2, -0.15) is 0 Å². The van der Waals surface area contributed by atoms with Gasteiger partial charge in [-0.3, -0.25) is 4.79 Å². The van der Waals surface area contributed by atoms with Gasteiger partial charge in [-0.15, -0.1) is 0 Å². The number of rotatable bonds is 3. The van der Waals surface area contributed by atoms with E-state index in [2.05, 4.69) is 93.6 Å². The van der Waals surface area contributed by atoms with Crippen molar-refractivity contribution in [2.24, 2.45) is 0 Å². The van der Waals surface area contributed by atoms with E-state index in [-0.39, 0.29) is 15.9 Å². The first kappa shape index (κ1) is 19.7. The topological polar surface area (TPSA) is 17.1 Å². The van der Waals surface area contributed by atoms with Crippen molar-refractivity contribution in [2.75, 3.05) is 0 Å². The van der Waals surface area contributed by atoms with E-state index in [0.717, 1.165) is 20.2 Å². The lowest BCUT2D eigenvalue weighted by atomic mass is 10.0. The fourth-order valence-electron chi connectivity index (χ4n) is 4.14. The molecule has 1 nitrogen and oxygen atoms in total. The highest BCUT2D eigenvalue weighted by Crippen LogP contribution is 2.44. The summed E-state index contributed by atoms with van der Waals surface area (Å²) in [5.41, 5.74) is 5.06. The second kappa shape index (κ2) is 7.79. The molecule has 0 bridgehead atoms. The summed E-state index contributed by atoms with van der Waals surface area (Å²) in [6, 6.07) is 32.1. The predicted molar refractivity (Wildman–Crippen MR) is 136 cm³/mol. The maximum Gasteiger partial charge on any atom is 0.203 e. The van der Waals surface area contributed by atoms with E-state index in [1.165, 1.54) is 27.1 Å². The minimum atomic E-state index is -0.289. The van der Waals surface area contributed by atoms with Crippen LogP contribution in [0.3, 0.4) is 0 Å². The van der Waals surface area contributed by atoms with Crippen LogP contribution < -0.4 is 5.43 Å². The first-order valence-electron chi connectivity index (χ1n) is 10.7. The second-order valence-electron chi connectivity index (χ2n) is 8.43. The molecule has 0 saturated carbocycles. The molecule has 1 unspecified atom stereocenters. The van der Waals surface area contributed by atoms with E-state index >= 15 is 0 Å². The van der Waals surface area contributed by atoms with Crippen LogP contribution in [0.1, 0.15) is 30.9 Å². The third-order valence-corrected chi connectivity index (χ3v) is 8.30. The number of hydrogen-bond acceptors (Lipinski definition) is 1. The summed E-state index contributed by atoms with van der Waals surface area (Å²) in [7, 11) is -0.289. The van der Waals surface area contributed by atoms with Crippen molar-refractivity contribution >= 4 is 30.6 Å². The van der Waals surface area contributed by atoms with E-state index in [4.69, 9.17) is 0 Å². The van der Waals surface area contributed by atoms with Crippen molar-refractivity contribution in [3.63, 3.8) is 0 Å². The zero-order chi connectivity index (χ0) is 21.5. The molecule has 0 saturated heterocycles. The Balaban J connectivity index is 1.75. The molecule has 152 valence electrons. The van der Waals surface area contributed by atoms with Crippen molar-refractivity contribution in [2.45, 2.75) is 26.7 Å². The van der Waals surface area contributed by atoms with E-state index in [1.54, 1.807) is 0 Å². The smallest absolute Gasteiger partial charge is 0.203 e. The summed E-state index contributed by atoms with van der Waals surface area (Å²) in [6.07, 6.45) is 0. The summed E-state index contributed by atoms with van der Waals surface area (Å²) in [5, 5.41) is 1.69. The van der Waals surface area contributed by atoms with Crippen molar-refractivity contribution in [3.05, 3.63) is 112 Å². The molecule has 1 atom stereocenters. The number of fused-ring (bicyclic) bond motifs is 2. The molecule has 1 heterocycles. The molecule has 0 spiro atoms. The standard InChI is InChI=1S/C29H25OS/c1-19(2)23-14-17-28-26(18-23)29(30)25-6-4-5-7-27(25)31(28)24-15-12-22(13-16-24)21-10-8-20(3)9-11-21/h4-19H,1-3H3/q+1. The van der Waals surface area contributed by atoms with Crippen molar-refractivity contribution in [1.82, 2.24) is 0 Å². The van der Waals surface area contributed by atoms with Crippen LogP contribution in [-0.4, -0.2) is 0 Å². The van der Waals surface area contributed by atoms with Crippen LogP contribution in [0.15, 0.2) is 95.8 Å². The average molecular weight is 422 g/mol. The van der Waals surface area contributed by atoms with Gasteiger partial charge in [0.2, 0.25) is 5.43 Å². The molecule has 4 aromatic carbocycles. The van der Waals surface area contributed by atoms with Crippen LogP contribution in [-0.2, 0) is 0 Å². The minimum absolute atomic E-state index is 0.146. The third-order valence-electron chi connectivity index (χ3n) is 5.96. The molecule has 5 rings (SSSR count). The molecular formula is C29H25OS+. The minimum Gasteiger partial charge on any atom is -0.288 e. The zero-order valence-corrected chi connectivity index (χ0v) is 18.9. The van der Waals surface area contributed by atoms with Gasteiger partial charge in [0.1, 0.15) is 0 Å².